The lowest BCUT2D eigenvalue weighted by molar-refractivity contribution is 0.00658. The Balaban J connectivity index is 1.88. The first-order valence-corrected chi connectivity index (χ1v) is 10.3. The van der Waals surface area contributed by atoms with Gasteiger partial charge in [0.2, 0.25) is 0 Å². The molecule has 1 aliphatic rings. The largest absolute Gasteiger partial charge is 0.507 e. The lowest BCUT2D eigenvalue weighted by atomic mass is 9.83. The number of anilines is 1. The van der Waals surface area contributed by atoms with E-state index in [2.05, 4.69) is 21.7 Å². The van der Waals surface area contributed by atoms with Crippen molar-refractivity contribution in [1.82, 2.24) is 14.7 Å². The number of carbonyl (C=O) groups is 2. The number of carbonyl (C=O) groups excluding carboxylic acids is 2. The van der Waals surface area contributed by atoms with Crippen molar-refractivity contribution >= 4 is 23.9 Å². The van der Waals surface area contributed by atoms with Crippen LogP contribution in [0.15, 0.2) is 24.9 Å². The normalized spacial score (nSPS) is 20.4. The number of nitriles is 1. The quantitative estimate of drug-likeness (QED) is 0.559. The summed E-state index contributed by atoms with van der Waals surface area (Å²) in [6, 6.07) is 4.38. The Morgan fingerprint density at radius 2 is 2.26 bits per heavy atom. The number of nitrogens with zero attached hydrogens (tertiary/aromatic N) is 4. The number of hydrogen-bond acceptors (Lipinski definition) is 7. The summed E-state index contributed by atoms with van der Waals surface area (Å²) in [5, 5.41) is 25.8. The van der Waals surface area contributed by atoms with Crippen molar-refractivity contribution in [2.24, 2.45) is 5.73 Å². The molecule has 2 atom stereocenters. The van der Waals surface area contributed by atoms with Crippen LogP contribution in [-0.2, 0) is 16.8 Å². The number of phenolic OH excluding ortho intramolecular Hbond substituents is 1. The molecular weight excluding hydrogens is 450 g/mol. The zero-order chi connectivity index (χ0) is 25.0. The molecule has 1 fully saturated rings. The highest BCUT2D eigenvalue weighted by Crippen LogP contribution is 2.37. The van der Waals surface area contributed by atoms with Crippen LogP contribution in [0, 0.1) is 17.1 Å². The highest BCUT2D eigenvalue weighted by atomic mass is 19.1. The number of benzene rings is 1. The number of amides is 2. The molecule has 4 N–H and O–H groups in total. The maximum absolute atomic E-state index is 15.7. The number of phenols is 1. The number of primary amides is 1. The summed E-state index contributed by atoms with van der Waals surface area (Å²) >= 11 is 0. The summed E-state index contributed by atoms with van der Waals surface area (Å²) in [5.74, 6) is -1.82. The molecule has 0 aliphatic carbocycles. The molecule has 0 bridgehead atoms. The Hall–Kier alpha value is -3.98. The smallest absolute Gasteiger partial charge is 0.412 e. The third-order valence-electron chi connectivity index (χ3n) is 5.90. The fourth-order valence-corrected chi connectivity index (χ4v) is 3.98. The van der Waals surface area contributed by atoms with Gasteiger partial charge in [-0.2, -0.15) is 10.4 Å². The lowest BCUT2D eigenvalue weighted by Crippen LogP contribution is -2.54. The van der Waals surface area contributed by atoms with E-state index in [0.717, 1.165) is 17.9 Å². The van der Waals surface area contributed by atoms with Gasteiger partial charge < -0.3 is 15.6 Å². The van der Waals surface area contributed by atoms with Gasteiger partial charge in [-0.25, -0.2) is 13.6 Å². The standard InChI is InChI=1S/C22H24F2N6O4/c1-3-13-8-16(23)14(9-17(13)31)10-29-7-5-22(4-6-25,18(24)12-29)30-11-15(19(26)32)20(28-30)27-21(33)34-2/h3,8-9,11,18,31H,1,4-5,7,10,12H2,2H3,(H2,26,32)(H,27,28,33)/t18-,22+/m1/s1. The van der Waals surface area contributed by atoms with Gasteiger partial charge in [0.1, 0.15) is 28.8 Å². The molecule has 1 aliphatic heterocycles. The van der Waals surface area contributed by atoms with E-state index in [1.165, 1.54) is 18.3 Å². The van der Waals surface area contributed by atoms with Crippen molar-refractivity contribution in [1.29, 1.82) is 5.26 Å². The monoisotopic (exact) mass is 474 g/mol. The van der Waals surface area contributed by atoms with Crippen molar-refractivity contribution in [3.8, 4) is 11.8 Å². The van der Waals surface area contributed by atoms with Crippen molar-refractivity contribution in [2.45, 2.75) is 31.1 Å². The van der Waals surface area contributed by atoms with Crippen LogP contribution in [0.3, 0.4) is 0 Å². The predicted octanol–water partition coefficient (Wildman–Crippen LogP) is 2.50. The van der Waals surface area contributed by atoms with Gasteiger partial charge in [-0.3, -0.25) is 19.7 Å². The molecule has 0 spiro atoms. The lowest BCUT2D eigenvalue weighted by Gasteiger charge is -2.43. The number of aromatic hydroxyl groups is 1. The van der Waals surface area contributed by atoms with Gasteiger partial charge >= 0.3 is 6.09 Å². The molecule has 12 heteroatoms. The Morgan fingerprint density at radius 1 is 1.53 bits per heavy atom. The van der Waals surface area contributed by atoms with E-state index in [1.54, 1.807) is 4.90 Å². The Bertz CT molecular complexity index is 1160. The third kappa shape index (κ3) is 4.69. The maximum Gasteiger partial charge on any atom is 0.412 e. The first-order chi connectivity index (χ1) is 16.1. The molecular formula is C22H24F2N6O4. The number of hydrogen-bond donors (Lipinski definition) is 3. The Kier molecular flexibility index (Phi) is 7.17. The van der Waals surface area contributed by atoms with Crippen LogP contribution >= 0.6 is 0 Å². The van der Waals surface area contributed by atoms with E-state index in [4.69, 9.17) is 5.73 Å². The number of rotatable bonds is 7. The highest BCUT2D eigenvalue weighted by molar-refractivity contribution is 6.00. The van der Waals surface area contributed by atoms with Gasteiger partial charge in [0.25, 0.3) is 5.91 Å². The summed E-state index contributed by atoms with van der Waals surface area (Å²) in [4.78, 5) is 25.1. The molecule has 3 rings (SSSR count). The molecule has 2 heterocycles. The van der Waals surface area contributed by atoms with Crippen LogP contribution < -0.4 is 11.1 Å². The van der Waals surface area contributed by atoms with Gasteiger partial charge in [0.05, 0.1) is 19.6 Å². The first-order valence-electron chi connectivity index (χ1n) is 10.3. The molecule has 34 heavy (non-hydrogen) atoms. The van der Waals surface area contributed by atoms with Gasteiger partial charge in [0.15, 0.2) is 5.82 Å². The van der Waals surface area contributed by atoms with Crippen LogP contribution in [0.1, 0.15) is 34.3 Å². The van der Waals surface area contributed by atoms with E-state index in [1.807, 2.05) is 6.07 Å². The Labute approximate surface area is 194 Å². The minimum Gasteiger partial charge on any atom is -0.507 e. The van der Waals surface area contributed by atoms with E-state index in [0.29, 0.717) is 0 Å². The number of likely N-dealkylation sites (tertiary alicyclic amines) is 1. The van der Waals surface area contributed by atoms with Gasteiger partial charge in [0, 0.05) is 37.0 Å². The number of methoxy groups -OCH3 is 1. The molecule has 1 aromatic carbocycles. The number of ether oxygens (including phenoxy) is 1. The molecule has 0 saturated carbocycles. The number of halogens is 2. The van der Waals surface area contributed by atoms with Crippen molar-refractivity contribution in [3.63, 3.8) is 0 Å². The second kappa shape index (κ2) is 9.88. The number of alkyl halides is 1. The summed E-state index contributed by atoms with van der Waals surface area (Å²) in [6.45, 7) is 3.63. The SMILES string of the molecule is C=Cc1cc(F)c(CN2CC[C@](CC#N)(n3cc(C(N)=O)c(NC(=O)OC)n3)[C@H](F)C2)cc1O. The number of aromatic nitrogens is 2. The number of nitrogens with one attached hydrogen (secondary N) is 1. The summed E-state index contributed by atoms with van der Waals surface area (Å²) < 4.78 is 35.7. The summed E-state index contributed by atoms with van der Waals surface area (Å²) in [5.41, 5.74) is 4.18. The molecule has 1 saturated heterocycles. The van der Waals surface area contributed by atoms with E-state index in [9.17, 15) is 24.3 Å². The molecule has 0 radical (unpaired) electrons. The number of piperidine rings is 1. The molecule has 10 nitrogen and oxygen atoms in total. The van der Waals surface area contributed by atoms with Crippen LogP contribution in [0.2, 0.25) is 0 Å². The first kappa shape index (κ1) is 24.7. The second-order valence-electron chi connectivity index (χ2n) is 7.91. The van der Waals surface area contributed by atoms with Crippen LogP contribution in [0.25, 0.3) is 6.08 Å². The van der Waals surface area contributed by atoms with Crippen molar-refractivity contribution in [2.75, 3.05) is 25.5 Å². The van der Waals surface area contributed by atoms with Crippen LogP contribution in [0.5, 0.6) is 5.75 Å². The topological polar surface area (TPSA) is 146 Å². The van der Waals surface area contributed by atoms with E-state index >= 15 is 4.39 Å². The molecule has 2 amide bonds. The van der Waals surface area contributed by atoms with Gasteiger partial charge in [-0.05, 0) is 18.6 Å². The van der Waals surface area contributed by atoms with Crippen LogP contribution in [0.4, 0.5) is 19.4 Å². The van der Waals surface area contributed by atoms with Crippen molar-refractivity contribution in [3.05, 3.63) is 47.4 Å². The zero-order valence-corrected chi connectivity index (χ0v) is 18.4. The van der Waals surface area contributed by atoms with Gasteiger partial charge in [-0.1, -0.05) is 12.7 Å². The third-order valence-corrected chi connectivity index (χ3v) is 5.90. The minimum absolute atomic E-state index is 0.0284. The fraction of sp³-hybridized carbons (Fsp3) is 0.364. The Morgan fingerprint density at radius 3 is 2.85 bits per heavy atom. The molecule has 0 unspecified atom stereocenters. The van der Waals surface area contributed by atoms with Crippen LogP contribution in [-0.4, -0.2) is 58.2 Å². The van der Waals surface area contributed by atoms with Crippen molar-refractivity contribution < 1.29 is 28.2 Å². The summed E-state index contributed by atoms with van der Waals surface area (Å²) in [7, 11) is 1.12. The number of nitrogens with two attached hydrogens (primary N) is 1. The molecule has 2 aromatic rings. The summed E-state index contributed by atoms with van der Waals surface area (Å²) in [6.07, 6.45) is -0.206. The molecule has 1 aromatic heterocycles. The van der Waals surface area contributed by atoms with Gasteiger partial charge in [-0.15, -0.1) is 0 Å². The maximum atomic E-state index is 15.7. The predicted molar refractivity (Wildman–Crippen MR) is 118 cm³/mol. The minimum atomic E-state index is -1.64. The van der Waals surface area contributed by atoms with E-state index in [-0.39, 0.29) is 60.7 Å². The molecule has 180 valence electrons. The average Bonchev–Trinajstić information content (AvgIpc) is 3.22. The average molecular weight is 474 g/mol. The van der Waals surface area contributed by atoms with E-state index < -0.39 is 29.5 Å². The highest BCUT2D eigenvalue weighted by Gasteiger charge is 2.46. The zero-order valence-electron chi connectivity index (χ0n) is 18.4. The fourth-order valence-electron chi connectivity index (χ4n) is 3.98. The second-order valence-corrected chi connectivity index (χ2v) is 7.91.